The third-order valence-electron chi connectivity index (χ3n) is 3.43. The van der Waals surface area contributed by atoms with Crippen LogP contribution in [0.15, 0.2) is 12.1 Å². The maximum absolute atomic E-state index is 14.1. The van der Waals surface area contributed by atoms with Gasteiger partial charge in [-0.3, -0.25) is 14.9 Å². The zero-order valence-corrected chi connectivity index (χ0v) is 11.6. The van der Waals surface area contributed by atoms with Crippen molar-refractivity contribution in [3.8, 4) is 12.3 Å². The van der Waals surface area contributed by atoms with Crippen LogP contribution in [0.3, 0.4) is 0 Å². The van der Waals surface area contributed by atoms with E-state index in [1.165, 1.54) is 11.8 Å². The molecule has 0 N–H and O–H groups in total. The number of carbonyl (C=O) groups is 1. The van der Waals surface area contributed by atoms with E-state index in [1.54, 1.807) is 0 Å². The average molecular weight is 290 g/mol. The van der Waals surface area contributed by atoms with Gasteiger partial charge in [-0.2, -0.15) is 0 Å². The number of hydrogen-bond acceptors (Lipinski definition) is 3. The Kier molecular flexibility index (Phi) is 4.22. The van der Waals surface area contributed by atoms with Crippen LogP contribution in [-0.2, 0) is 0 Å². The Bertz CT molecular complexity index is 633. The molecule has 0 unspecified atom stereocenters. The van der Waals surface area contributed by atoms with Crippen molar-refractivity contribution >= 4 is 11.6 Å². The summed E-state index contributed by atoms with van der Waals surface area (Å²) in [4.78, 5) is 24.0. The number of benzene rings is 1. The predicted octanol–water partition coefficient (Wildman–Crippen LogP) is 2.53. The van der Waals surface area contributed by atoms with E-state index in [0.29, 0.717) is 12.5 Å². The van der Waals surface area contributed by atoms with Gasteiger partial charge in [0.2, 0.25) is 0 Å². The Hall–Kier alpha value is -2.42. The van der Waals surface area contributed by atoms with Crippen LogP contribution in [0, 0.1) is 41.1 Å². The lowest BCUT2D eigenvalue weighted by Gasteiger charge is -2.20. The molecular weight excluding hydrogens is 275 g/mol. The van der Waals surface area contributed by atoms with Gasteiger partial charge in [-0.25, -0.2) is 4.39 Å². The first kappa shape index (κ1) is 15.0. The minimum atomic E-state index is -0.733. The third kappa shape index (κ3) is 3.37. The number of aryl methyl sites for hydroxylation is 1. The molecule has 2 rings (SSSR count). The summed E-state index contributed by atoms with van der Waals surface area (Å²) < 4.78 is 14.1. The van der Waals surface area contributed by atoms with E-state index in [0.717, 1.165) is 25.0 Å². The number of terminal acetylenes is 1. The predicted molar refractivity (Wildman–Crippen MR) is 75.3 cm³/mol. The molecule has 0 heterocycles. The first-order chi connectivity index (χ1) is 9.93. The lowest BCUT2D eigenvalue weighted by molar-refractivity contribution is -0.385. The summed E-state index contributed by atoms with van der Waals surface area (Å²) in [6.07, 6.45) is 7.28. The summed E-state index contributed by atoms with van der Waals surface area (Å²) >= 11 is 0. The monoisotopic (exact) mass is 290 g/mol. The maximum atomic E-state index is 14.1. The Morgan fingerprint density at radius 2 is 2.24 bits per heavy atom. The minimum Gasteiger partial charge on any atom is -0.327 e. The molecule has 1 aliphatic rings. The second-order valence-electron chi connectivity index (χ2n) is 5.21. The lowest BCUT2D eigenvalue weighted by atomic mass is 10.1. The summed E-state index contributed by atoms with van der Waals surface area (Å²) in [5.41, 5.74) is -0.526. The molecule has 1 aromatic carbocycles. The van der Waals surface area contributed by atoms with Crippen molar-refractivity contribution in [3.05, 3.63) is 39.2 Å². The van der Waals surface area contributed by atoms with Crippen LogP contribution in [0.1, 0.15) is 28.8 Å². The molecule has 0 saturated heterocycles. The fourth-order valence-corrected chi connectivity index (χ4v) is 2.12. The van der Waals surface area contributed by atoms with Crippen molar-refractivity contribution < 1.29 is 14.1 Å². The number of carbonyl (C=O) groups excluding carboxylic acids is 1. The van der Waals surface area contributed by atoms with Crippen LogP contribution < -0.4 is 0 Å². The summed E-state index contributed by atoms with van der Waals surface area (Å²) in [6.45, 7) is 1.92. The molecule has 0 radical (unpaired) electrons. The van der Waals surface area contributed by atoms with Crippen molar-refractivity contribution in [3.63, 3.8) is 0 Å². The van der Waals surface area contributed by atoms with Crippen LogP contribution in [0.2, 0.25) is 0 Å². The van der Waals surface area contributed by atoms with Gasteiger partial charge in [0.15, 0.2) is 0 Å². The minimum absolute atomic E-state index is 0.0660. The summed E-state index contributed by atoms with van der Waals surface area (Å²) in [6, 6.07) is 2.08. The van der Waals surface area contributed by atoms with Gasteiger partial charge < -0.3 is 4.90 Å². The molecule has 0 bridgehead atoms. The summed E-state index contributed by atoms with van der Waals surface area (Å²) in [5.74, 6) is 1.44. The quantitative estimate of drug-likeness (QED) is 0.475. The highest BCUT2D eigenvalue weighted by atomic mass is 19.1. The highest BCUT2D eigenvalue weighted by Crippen LogP contribution is 2.30. The second-order valence-corrected chi connectivity index (χ2v) is 5.21. The smallest absolute Gasteiger partial charge is 0.270 e. The van der Waals surface area contributed by atoms with E-state index in [4.69, 9.17) is 6.42 Å². The van der Waals surface area contributed by atoms with Crippen molar-refractivity contribution in [2.24, 2.45) is 5.92 Å². The SMILES string of the molecule is C#CCN(CC1CC1)C(=O)c1cc([N+](=O)[O-])cc(C)c1F. The van der Waals surface area contributed by atoms with Crippen LogP contribution in [-0.4, -0.2) is 28.8 Å². The molecule has 1 saturated carbocycles. The molecule has 0 atom stereocenters. The Balaban J connectivity index is 2.35. The highest BCUT2D eigenvalue weighted by Gasteiger charge is 2.29. The zero-order chi connectivity index (χ0) is 15.6. The molecule has 0 spiro atoms. The number of rotatable bonds is 5. The molecule has 0 aromatic heterocycles. The molecule has 1 aliphatic carbocycles. The van der Waals surface area contributed by atoms with Gasteiger partial charge in [0, 0.05) is 18.7 Å². The molecule has 6 heteroatoms. The van der Waals surface area contributed by atoms with Crippen molar-refractivity contribution in [1.29, 1.82) is 0 Å². The average Bonchev–Trinajstić information content (AvgIpc) is 3.24. The number of hydrogen-bond donors (Lipinski definition) is 0. The van der Waals surface area contributed by atoms with Crippen molar-refractivity contribution in [1.82, 2.24) is 4.90 Å². The lowest BCUT2D eigenvalue weighted by Crippen LogP contribution is -2.34. The first-order valence-electron chi connectivity index (χ1n) is 6.61. The highest BCUT2D eigenvalue weighted by molar-refractivity contribution is 5.95. The molecule has 1 aromatic rings. The maximum Gasteiger partial charge on any atom is 0.270 e. The Morgan fingerprint density at radius 1 is 1.57 bits per heavy atom. The molecule has 1 amide bonds. The first-order valence-corrected chi connectivity index (χ1v) is 6.61. The number of nitro benzene ring substituents is 1. The molecule has 5 nitrogen and oxygen atoms in total. The normalized spacial score (nSPS) is 13.6. The molecule has 1 fully saturated rings. The van der Waals surface area contributed by atoms with Gasteiger partial charge in [0.25, 0.3) is 11.6 Å². The Labute approximate surface area is 121 Å². The number of nitrogens with zero attached hydrogens (tertiary/aromatic N) is 2. The van der Waals surface area contributed by atoms with E-state index in [2.05, 4.69) is 5.92 Å². The van der Waals surface area contributed by atoms with Gasteiger partial charge in [-0.1, -0.05) is 5.92 Å². The van der Waals surface area contributed by atoms with Crippen LogP contribution in [0.25, 0.3) is 0 Å². The third-order valence-corrected chi connectivity index (χ3v) is 3.43. The fourth-order valence-electron chi connectivity index (χ4n) is 2.12. The van der Waals surface area contributed by atoms with E-state index < -0.39 is 16.6 Å². The standard InChI is InChI=1S/C15H15FN2O3/c1-3-6-17(9-11-4-5-11)15(19)13-8-12(18(20)21)7-10(2)14(13)16/h1,7-8,11H,4-6,9H2,2H3. The van der Waals surface area contributed by atoms with Gasteiger partial charge in [0.05, 0.1) is 17.0 Å². The zero-order valence-electron chi connectivity index (χ0n) is 11.6. The number of nitro groups is 1. The number of amides is 1. The van der Waals surface area contributed by atoms with Gasteiger partial charge in [-0.15, -0.1) is 6.42 Å². The van der Waals surface area contributed by atoms with E-state index in [1.807, 2.05) is 0 Å². The summed E-state index contributed by atoms with van der Waals surface area (Å²) in [7, 11) is 0. The molecule has 0 aliphatic heterocycles. The Morgan fingerprint density at radius 3 is 2.76 bits per heavy atom. The van der Waals surface area contributed by atoms with Gasteiger partial charge in [-0.05, 0) is 31.2 Å². The van der Waals surface area contributed by atoms with Gasteiger partial charge in [0.1, 0.15) is 5.82 Å². The van der Waals surface area contributed by atoms with E-state index >= 15 is 0 Å². The fraction of sp³-hybridized carbons (Fsp3) is 0.400. The van der Waals surface area contributed by atoms with Crippen LogP contribution in [0.4, 0.5) is 10.1 Å². The van der Waals surface area contributed by atoms with Gasteiger partial charge >= 0.3 is 0 Å². The molecule has 110 valence electrons. The van der Waals surface area contributed by atoms with Crippen LogP contribution >= 0.6 is 0 Å². The molecule has 21 heavy (non-hydrogen) atoms. The van der Waals surface area contributed by atoms with Crippen molar-refractivity contribution in [2.45, 2.75) is 19.8 Å². The topological polar surface area (TPSA) is 63.5 Å². The second kappa shape index (κ2) is 5.92. The van der Waals surface area contributed by atoms with Crippen molar-refractivity contribution in [2.75, 3.05) is 13.1 Å². The number of halogens is 1. The van der Waals surface area contributed by atoms with Crippen LogP contribution in [0.5, 0.6) is 0 Å². The van der Waals surface area contributed by atoms with E-state index in [9.17, 15) is 19.3 Å². The molecular formula is C15H15FN2O3. The number of non-ortho nitro benzene ring substituents is 1. The van der Waals surface area contributed by atoms with E-state index in [-0.39, 0.29) is 23.4 Å². The summed E-state index contributed by atoms with van der Waals surface area (Å²) in [5, 5.41) is 10.8. The largest absolute Gasteiger partial charge is 0.327 e.